The first kappa shape index (κ1) is 17.0. The summed E-state index contributed by atoms with van der Waals surface area (Å²) in [6, 6.07) is 17.1. The summed E-state index contributed by atoms with van der Waals surface area (Å²) in [6.07, 6.45) is 3.45. The highest BCUT2D eigenvalue weighted by Crippen LogP contribution is 2.51. The third kappa shape index (κ3) is 2.84. The van der Waals surface area contributed by atoms with E-state index in [2.05, 4.69) is 66.6 Å². The molecule has 0 saturated heterocycles. The molecule has 1 aliphatic carbocycles. The SMILES string of the molecule is CCc1ccc2c(c1)C(c1ccccc1)C(C)(C(=O)Nc1nccs1)C2. The second-order valence-electron chi connectivity index (χ2n) is 7.12. The molecule has 0 fully saturated rings. The molecular formula is C22H22N2OS. The summed E-state index contributed by atoms with van der Waals surface area (Å²) in [5, 5.41) is 5.57. The van der Waals surface area contributed by atoms with Crippen LogP contribution in [0.3, 0.4) is 0 Å². The van der Waals surface area contributed by atoms with Gasteiger partial charge in [-0.1, -0.05) is 55.5 Å². The second-order valence-corrected chi connectivity index (χ2v) is 8.01. The lowest BCUT2D eigenvalue weighted by molar-refractivity contribution is -0.125. The number of hydrogen-bond acceptors (Lipinski definition) is 3. The zero-order chi connectivity index (χ0) is 18.1. The summed E-state index contributed by atoms with van der Waals surface area (Å²) in [4.78, 5) is 17.5. The number of fused-ring (bicyclic) bond motifs is 1. The van der Waals surface area contributed by atoms with Crippen molar-refractivity contribution in [3.63, 3.8) is 0 Å². The number of carbonyl (C=O) groups excluding carboxylic acids is 1. The Kier molecular flexibility index (Phi) is 4.37. The lowest BCUT2D eigenvalue weighted by Gasteiger charge is -2.31. The Morgan fingerprint density at radius 2 is 2.08 bits per heavy atom. The minimum Gasteiger partial charge on any atom is -0.301 e. The molecule has 0 bridgehead atoms. The van der Waals surface area contributed by atoms with Crippen molar-refractivity contribution in [1.29, 1.82) is 0 Å². The quantitative estimate of drug-likeness (QED) is 0.706. The molecule has 4 rings (SSSR count). The van der Waals surface area contributed by atoms with Crippen LogP contribution in [-0.2, 0) is 17.6 Å². The van der Waals surface area contributed by atoms with Crippen molar-refractivity contribution in [3.05, 3.63) is 82.4 Å². The van der Waals surface area contributed by atoms with E-state index < -0.39 is 5.41 Å². The Morgan fingerprint density at radius 3 is 2.77 bits per heavy atom. The molecule has 0 radical (unpaired) electrons. The highest BCUT2D eigenvalue weighted by molar-refractivity contribution is 7.13. The van der Waals surface area contributed by atoms with E-state index in [1.165, 1.54) is 33.6 Å². The summed E-state index contributed by atoms with van der Waals surface area (Å²) in [7, 11) is 0. The largest absolute Gasteiger partial charge is 0.301 e. The molecule has 1 aromatic heterocycles. The Bertz CT molecular complexity index is 921. The number of carbonyl (C=O) groups is 1. The number of aryl methyl sites for hydroxylation is 1. The highest BCUT2D eigenvalue weighted by Gasteiger charge is 2.48. The van der Waals surface area contributed by atoms with Crippen molar-refractivity contribution in [3.8, 4) is 0 Å². The molecule has 2 unspecified atom stereocenters. The van der Waals surface area contributed by atoms with Gasteiger partial charge in [0.15, 0.2) is 5.13 Å². The molecule has 2 aromatic carbocycles. The predicted molar refractivity (Wildman–Crippen MR) is 107 cm³/mol. The molecule has 1 aliphatic rings. The van der Waals surface area contributed by atoms with Crippen LogP contribution in [0.5, 0.6) is 0 Å². The van der Waals surface area contributed by atoms with Crippen molar-refractivity contribution in [2.45, 2.75) is 32.6 Å². The van der Waals surface area contributed by atoms with Crippen LogP contribution in [0.15, 0.2) is 60.1 Å². The summed E-state index contributed by atoms with van der Waals surface area (Å²) >= 11 is 1.45. The fourth-order valence-corrected chi connectivity index (χ4v) is 4.59. The van der Waals surface area contributed by atoms with Gasteiger partial charge in [-0.2, -0.15) is 0 Å². The normalized spacial score (nSPS) is 21.4. The van der Waals surface area contributed by atoms with E-state index in [-0.39, 0.29) is 11.8 Å². The van der Waals surface area contributed by atoms with E-state index in [9.17, 15) is 4.79 Å². The topological polar surface area (TPSA) is 42.0 Å². The Morgan fingerprint density at radius 1 is 1.27 bits per heavy atom. The van der Waals surface area contributed by atoms with Gasteiger partial charge in [0.2, 0.25) is 5.91 Å². The summed E-state index contributed by atoms with van der Waals surface area (Å²) < 4.78 is 0. The number of aromatic nitrogens is 1. The third-order valence-corrected chi connectivity index (χ3v) is 6.12. The third-order valence-electron chi connectivity index (χ3n) is 5.43. The van der Waals surface area contributed by atoms with Gasteiger partial charge in [-0.15, -0.1) is 11.3 Å². The molecule has 26 heavy (non-hydrogen) atoms. The van der Waals surface area contributed by atoms with E-state index in [0.717, 1.165) is 12.8 Å². The van der Waals surface area contributed by atoms with Crippen LogP contribution < -0.4 is 5.32 Å². The molecular weight excluding hydrogens is 340 g/mol. The predicted octanol–water partition coefficient (Wildman–Crippen LogP) is 5.04. The van der Waals surface area contributed by atoms with Crippen molar-refractivity contribution < 1.29 is 4.79 Å². The smallest absolute Gasteiger partial charge is 0.233 e. The number of anilines is 1. The number of hydrogen-bond donors (Lipinski definition) is 1. The summed E-state index contributed by atoms with van der Waals surface area (Å²) in [6.45, 7) is 4.25. The number of nitrogens with zero attached hydrogens (tertiary/aromatic N) is 1. The average molecular weight is 362 g/mol. The molecule has 1 N–H and O–H groups in total. The molecule has 0 spiro atoms. The van der Waals surface area contributed by atoms with Crippen molar-refractivity contribution in [1.82, 2.24) is 4.98 Å². The van der Waals surface area contributed by atoms with Gasteiger partial charge in [0, 0.05) is 17.5 Å². The van der Waals surface area contributed by atoms with Gasteiger partial charge in [-0.25, -0.2) is 4.98 Å². The monoisotopic (exact) mass is 362 g/mol. The maximum absolute atomic E-state index is 13.3. The summed E-state index contributed by atoms with van der Waals surface area (Å²) in [5.41, 5.74) is 4.52. The van der Waals surface area contributed by atoms with Crippen molar-refractivity contribution in [2.24, 2.45) is 5.41 Å². The van der Waals surface area contributed by atoms with Crippen LogP contribution in [0.25, 0.3) is 0 Å². The maximum Gasteiger partial charge on any atom is 0.233 e. The number of rotatable bonds is 4. The Hall–Kier alpha value is -2.46. The van der Waals surface area contributed by atoms with E-state index >= 15 is 0 Å². The van der Waals surface area contributed by atoms with Crippen LogP contribution in [0.4, 0.5) is 5.13 Å². The highest BCUT2D eigenvalue weighted by atomic mass is 32.1. The maximum atomic E-state index is 13.3. The zero-order valence-electron chi connectivity index (χ0n) is 15.0. The van der Waals surface area contributed by atoms with E-state index in [0.29, 0.717) is 5.13 Å². The zero-order valence-corrected chi connectivity index (χ0v) is 15.8. The first-order valence-corrected chi connectivity index (χ1v) is 9.87. The molecule has 3 nitrogen and oxygen atoms in total. The van der Waals surface area contributed by atoms with E-state index in [4.69, 9.17) is 0 Å². The first-order valence-electron chi connectivity index (χ1n) is 8.99. The van der Waals surface area contributed by atoms with Crippen molar-refractivity contribution >= 4 is 22.4 Å². The molecule has 0 saturated carbocycles. The van der Waals surface area contributed by atoms with Gasteiger partial charge in [-0.3, -0.25) is 4.79 Å². The van der Waals surface area contributed by atoms with Crippen molar-refractivity contribution in [2.75, 3.05) is 5.32 Å². The van der Waals surface area contributed by atoms with Crippen LogP contribution in [0, 0.1) is 5.41 Å². The van der Waals surface area contributed by atoms with Crippen LogP contribution in [0.2, 0.25) is 0 Å². The number of amides is 1. The molecule has 2 atom stereocenters. The van der Waals surface area contributed by atoms with Gasteiger partial charge < -0.3 is 5.32 Å². The lowest BCUT2D eigenvalue weighted by Crippen LogP contribution is -2.37. The van der Waals surface area contributed by atoms with Gasteiger partial charge in [0.25, 0.3) is 0 Å². The molecule has 4 heteroatoms. The molecule has 132 valence electrons. The lowest BCUT2D eigenvalue weighted by atomic mass is 9.73. The molecule has 1 heterocycles. The van der Waals surface area contributed by atoms with Crippen LogP contribution in [-0.4, -0.2) is 10.9 Å². The summed E-state index contributed by atoms with van der Waals surface area (Å²) in [5.74, 6) is 0.0840. The molecule has 0 aliphatic heterocycles. The first-order chi connectivity index (χ1) is 12.6. The minimum atomic E-state index is -0.540. The molecule has 3 aromatic rings. The Balaban J connectivity index is 1.79. The average Bonchev–Trinajstić information content (AvgIpc) is 3.27. The number of benzene rings is 2. The van der Waals surface area contributed by atoms with Gasteiger partial charge >= 0.3 is 0 Å². The fraction of sp³-hybridized carbons (Fsp3) is 0.273. The Labute approximate surface area is 158 Å². The second kappa shape index (κ2) is 6.69. The van der Waals surface area contributed by atoms with Crippen LogP contribution in [0.1, 0.15) is 42.0 Å². The van der Waals surface area contributed by atoms with E-state index in [1.807, 2.05) is 11.4 Å². The molecule has 1 amide bonds. The minimum absolute atomic E-state index is 0.0375. The van der Waals surface area contributed by atoms with E-state index in [1.54, 1.807) is 6.20 Å². The van der Waals surface area contributed by atoms with Gasteiger partial charge in [-0.05, 0) is 42.0 Å². The van der Waals surface area contributed by atoms with Gasteiger partial charge in [0.1, 0.15) is 0 Å². The van der Waals surface area contributed by atoms with Gasteiger partial charge in [0.05, 0.1) is 5.41 Å². The standard InChI is InChI=1S/C22H22N2OS/c1-3-15-9-10-17-14-22(2,20(25)24-21-23-11-12-26-21)19(18(17)13-15)16-7-5-4-6-8-16/h4-13,19H,3,14H2,1-2H3,(H,23,24,25). The number of nitrogens with one attached hydrogen (secondary N) is 1. The van der Waals surface area contributed by atoms with Crippen LogP contribution >= 0.6 is 11.3 Å². The number of thiazole rings is 1. The fourth-order valence-electron chi connectivity index (χ4n) is 4.06.